The number of nitrogens with one attached hydrogen (secondary N) is 1. The topological polar surface area (TPSA) is 66.0 Å². The molecule has 0 aliphatic carbocycles. The summed E-state index contributed by atoms with van der Waals surface area (Å²) >= 11 is 4.23. The van der Waals surface area contributed by atoms with Gasteiger partial charge in [0.2, 0.25) is 5.88 Å². The quantitative estimate of drug-likeness (QED) is 0.425. The minimum Gasteiger partial charge on any atom is -1.00 e. The van der Waals surface area contributed by atoms with Crippen LogP contribution in [0.4, 0.5) is 0 Å². The zero-order valence-corrected chi connectivity index (χ0v) is 11.5. The van der Waals surface area contributed by atoms with Gasteiger partial charge in [0.1, 0.15) is 5.82 Å². The number of hydrogen-bond acceptors (Lipinski definition) is 4. The number of rotatable bonds is 1. The molecule has 0 unspecified atom stereocenters. The van der Waals surface area contributed by atoms with Crippen LogP contribution in [0.1, 0.15) is 1.43 Å². The normalized spacial score (nSPS) is 9.56. The van der Waals surface area contributed by atoms with Gasteiger partial charge in [-0.1, -0.05) is 18.2 Å². The van der Waals surface area contributed by atoms with Crippen LogP contribution in [0.2, 0.25) is 0 Å². The van der Waals surface area contributed by atoms with Crippen molar-refractivity contribution in [1.29, 1.82) is 0 Å². The Labute approximate surface area is 121 Å². The average molecular weight is 244 g/mol. The van der Waals surface area contributed by atoms with Crippen molar-refractivity contribution in [1.82, 2.24) is 9.97 Å². The number of aromatic hydroxyl groups is 1. The summed E-state index contributed by atoms with van der Waals surface area (Å²) in [5.74, 6) is 0.0101. The molecule has 4 nitrogen and oxygen atoms in total. The van der Waals surface area contributed by atoms with Crippen molar-refractivity contribution in [3.8, 4) is 17.3 Å². The van der Waals surface area contributed by atoms with Crippen LogP contribution in [0.25, 0.3) is 11.4 Å². The van der Waals surface area contributed by atoms with Crippen LogP contribution in [-0.2, 0) is 0 Å². The Morgan fingerprint density at radius 1 is 1.38 bits per heavy atom. The van der Waals surface area contributed by atoms with E-state index in [4.69, 9.17) is 0 Å². The third-order valence-electron chi connectivity index (χ3n) is 1.89. The van der Waals surface area contributed by atoms with Gasteiger partial charge in [-0.2, -0.15) is 4.98 Å². The Morgan fingerprint density at radius 3 is 2.69 bits per heavy atom. The van der Waals surface area contributed by atoms with E-state index in [2.05, 4.69) is 22.6 Å². The van der Waals surface area contributed by atoms with Crippen LogP contribution >= 0.6 is 12.6 Å². The van der Waals surface area contributed by atoms with E-state index in [-0.39, 0.29) is 36.9 Å². The summed E-state index contributed by atoms with van der Waals surface area (Å²) in [6.45, 7) is 0. The van der Waals surface area contributed by atoms with Gasteiger partial charge in [0.25, 0.3) is 5.56 Å². The Hall–Kier alpha value is -0.750. The average Bonchev–Trinajstić information content (AvgIpc) is 2.16. The molecule has 1 aromatic carbocycles. The molecule has 0 aliphatic heterocycles. The molecule has 0 saturated carbocycles. The van der Waals surface area contributed by atoms with E-state index >= 15 is 0 Å². The first-order valence-corrected chi connectivity index (χ1v) is 4.70. The van der Waals surface area contributed by atoms with Crippen LogP contribution in [0.15, 0.2) is 40.0 Å². The fourth-order valence-corrected chi connectivity index (χ4v) is 1.51. The molecule has 16 heavy (non-hydrogen) atoms. The van der Waals surface area contributed by atoms with Gasteiger partial charge in [-0.3, -0.25) is 4.79 Å². The molecule has 0 spiro atoms. The van der Waals surface area contributed by atoms with Crippen molar-refractivity contribution in [3.63, 3.8) is 0 Å². The second-order valence-electron chi connectivity index (χ2n) is 2.97. The third-order valence-corrected chi connectivity index (χ3v) is 2.28. The number of aromatic nitrogens is 2. The molecule has 2 rings (SSSR count). The van der Waals surface area contributed by atoms with E-state index in [0.29, 0.717) is 16.3 Å². The van der Waals surface area contributed by atoms with Crippen molar-refractivity contribution in [3.05, 3.63) is 40.7 Å². The van der Waals surface area contributed by atoms with E-state index in [1.807, 2.05) is 6.07 Å². The van der Waals surface area contributed by atoms with Gasteiger partial charge in [0.05, 0.1) is 6.07 Å². The van der Waals surface area contributed by atoms with Crippen molar-refractivity contribution in [2.24, 2.45) is 0 Å². The molecule has 0 saturated heterocycles. The molecule has 0 fully saturated rings. The van der Waals surface area contributed by atoms with Crippen LogP contribution in [0, 0.1) is 0 Å². The molecule has 2 aromatic rings. The molecule has 0 amide bonds. The van der Waals surface area contributed by atoms with Gasteiger partial charge in [-0.25, -0.2) is 0 Å². The first kappa shape index (κ1) is 13.3. The summed E-state index contributed by atoms with van der Waals surface area (Å²) in [4.78, 5) is 18.1. The van der Waals surface area contributed by atoms with Crippen molar-refractivity contribution >= 4 is 12.6 Å². The van der Waals surface area contributed by atoms with E-state index in [1.54, 1.807) is 18.2 Å². The Morgan fingerprint density at radius 2 is 2.06 bits per heavy atom. The first-order chi connectivity index (χ1) is 7.16. The molecule has 1 aromatic heterocycles. The van der Waals surface area contributed by atoms with Crippen molar-refractivity contribution in [2.75, 3.05) is 0 Å². The largest absolute Gasteiger partial charge is 1.00 e. The van der Waals surface area contributed by atoms with Gasteiger partial charge in [-0.15, -0.1) is 12.6 Å². The van der Waals surface area contributed by atoms with Gasteiger partial charge in [0.15, 0.2) is 0 Å². The maximum atomic E-state index is 11.1. The van der Waals surface area contributed by atoms with E-state index in [1.165, 1.54) is 0 Å². The predicted octanol–water partition coefficient (Wildman–Crippen LogP) is -1.45. The number of thiol groups is 1. The summed E-state index contributed by atoms with van der Waals surface area (Å²) in [6.07, 6.45) is 0. The number of nitrogens with zero attached hydrogens (tertiary/aromatic N) is 1. The van der Waals surface area contributed by atoms with Crippen LogP contribution in [-0.4, -0.2) is 15.1 Å². The monoisotopic (exact) mass is 244 g/mol. The van der Waals surface area contributed by atoms with E-state index < -0.39 is 5.56 Å². The molecular weight excluding hydrogens is 235 g/mol. The molecule has 78 valence electrons. The predicted molar refractivity (Wildman–Crippen MR) is 60.3 cm³/mol. The Kier molecular flexibility index (Phi) is 4.61. The summed E-state index contributed by atoms with van der Waals surface area (Å²) in [7, 11) is 0. The van der Waals surface area contributed by atoms with Crippen LogP contribution < -0.4 is 35.1 Å². The van der Waals surface area contributed by atoms with Gasteiger partial charge in [0, 0.05) is 10.5 Å². The minimum absolute atomic E-state index is 0. The maximum Gasteiger partial charge on any atom is 1.00 e. The number of H-pyrrole nitrogens is 1. The third kappa shape index (κ3) is 2.89. The fraction of sp³-hybridized carbons (Fsp3) is 0. The second-order valence-corrected chi connectivity index (χ2v) is 3.45. The SMILES string of the molecule is O=c1cc(O)nc(-c2ccccc2S)[nH]1.[H-].[Na+]. The molecule has 0 atom stereocenters. The van der Waals surface area contributed by atoms with Crippen LogP contribution in [0.3, 0.4) is 0 Å². The fourth-order valence-electron chi connectivity index (χ4n) is 1.25. The summed E-state index contributed by atoms with van der Waals surface area (Å²) in [5.41, 5.74) is 0.280. The first-order valence-electron chi connectivity index (χ1n) is 4.25. The van der Waals surface area contributed by atoms with Gasteiger partial charge in [-0.05, 0) is 6.07 Å². The molecule has 0 aliphatic rings. The minimum atomic E-state index is -0.394. The standard InChI is InChI=1S/C10H8N2O2S.Na.H/c13-8-5-9(14)12-10(11-8)6-3-1-2-4-7(6)15;;/h1-5,15H,(H2,11,12,13,14);;/q;+1;-1. The van der Waals surface area contributed by atoms with Crippen molar-refractivity contribution < 1.29 is 36.1 Å². The number of hydrogen-bond donors (Lipinski definition) is 3. The zero-order chi connectivity index (χ0) is 10.8. The summed E-state index contributed by atoms with van der Waals surface area (Å²) < 4.78 is 0. The number of aromatic amines is 1. The molecule has 0 bridgehead atoms. The van der Waals surface area contributed by atoms with E-state index in [0.717, 1.165) is 6.07 Å². The molecule has 1 heterocycles. The Bertz CT molecular complexity index is 562. The zero-order valence-electron chi connectivity index (χ0n) is 9.64. The molecule has 2 N–H and O–H groups in total. The number of benzene rings is 1. The molecule has 0 radical (unpaired) electrons. The van der Waals surface area contributed by atoms with Crippen LogP contribution in [0.5, 0.6) is 5.88 Å². The molecule has 6 heteroatoms. The molecular formula is C10H9N2NaO2S. The smallest absolute Gasteiger partial charge is 1.00 e. The van der Waals surface area contributed by atoms with Crippen molar-refractivity contribution in [2.45, 2.75) is 4.90 Å². The van der Waals surface area contributed by atoms with E-state index in [9.17, 15) is 9.90 Å². The summed E-state index contributed by atoms with van der Waals surface area (Å²) in [5, 5.41) is 9.19. The Balaban J connectivity index is 0.00000128. The van der Waals surface area contributed by atoms with Gasteiger partial charge < -0.3 is 11.5 Å². The maximum absolute atomic E-state index is 11.1. The summed E-state index contributed by atoms with van der Waals surface area (Å²) in [6, 6.07) is 8.19. The van der Waals surface area contributed by atoms with Gasteiger partial charge >= 0.3 is 29.6 Å². The second kappa shape index (κ2) is 5.54.